The van der Waals surface area contributed by atoms with Crippen LogP contribution >= 0.6 is 0 Å². The average molecular weight is 373 g/mol. The molecule has 1 heterocycles. The van der Waals surface area contributed by atoms with Crippen LogP contribution in [-0.2, 0) is 13.1 Å². The number of aromatic amines is 1. The highest BCUT2D eigenvalue weighted by Gasteiger charge is 2.22. The number of carbonyl (C=O) groups excluding carboxylic acids is 1. The molecule has 7 heteroatoms. The first-order valence-corrected chi connectivity index (χ1v) is 9.30. The molecular weight excluding hydrogens is 344 g/mol. The molecule has 1 atom stereocenters. The van der Waals surface area contributed by atoms with E-state index in [1.165, 1.54) is 10.1 Å². The molecule has 1 aromatic heterocycles. The summed E-state index contributed by atoms with van der Waals surface area (Å²) >= 11 is 0. The van der Waals surface area contributed by atoms with E-state index in [0.717, 1.165) is 10.5 Å². The van der Waals surface area contributed by atoms with Gasteiger partial charge in [-0.15, -0.1) is 0 Å². The lowest BCUT2D eigenvalue weighted by Crippen LogP contribution is -3.08. The third kappa shape index (κ3) is 4.95. The molecule has 0 aliphatic rings. The topological polar surface area (TPSA) is 102 Å². The van der Waals surface area contributed by atoms with Gasteiger partial charge in [0.25, 0.3) is 5.56 Å². The van der Waals surface area contributed by atoms with Gasteiger partial charge in [-0.25, -0.2) is 4.79 Å². The van der Waals surface area contributed by atoms with Crippen LogP contribution in [0.25, 0.3) is 0 Å². The van der Waals surface area contributed by atoms with E-state index in [4.69, 9.17) is 5.73 Å². The van der Waals surface area contributed by atoms with Crippen molar-refractivity contribution in [3.8, 4) is 0 Å². The highest BCUT2D eigenvalue weighted by atomic mass is 16.2. The van der Waals surface area contributed by atoms with Crippen molar-refractivity contribution in [1.82, 2.24) is 9.55 Å². The Morgan fingerprint density at radius 3 is 2.41 bits per heavy atom. The number of nitrogens with one attached hydrogen (secondary N) is 2. The molecular formula is C20H29N4O3+. The molecule has 1 unspecified atom stereocenters. The molecule has 0 bridgehead atoms. The van der Waals surface area contributed by atoms with Gasteiger partial charge in [0.2, 0.25) is 5.78 Å². The number of ketones is 1. The van der Waals surface area contributed by atoms with Gasteiger partial charge in [0.1, 0.15) is 24.5 Å². The van der Waals surface area contributed by atoms with Crippen LogP contribution in [0.1, 0.15) is 54.6 Å². The fraction of sp³-hybridized carbons (Fsp3) is 0.450. The number of hydrogen-bond donors (Lipinski definition) is 3. The first-order chi connectivity index (χ1) is 12.7. The van der Waals surface area contributed by atoms with Crippen molar-refractivity contribution in [3.05, 3.63) is 61.8 Å². The Bertz CT molecular complexity index is 910. The van der Waals surface area contributed by atoms with E-state index in [9.17, 15) is 14.4 Å². The second-order valence-electron chi connectivity index (χ2n) is 7.30. The molecule has 0 spiro atoms. The predicted octanol–water partition coefficient (Wildman–Crippen LogP) is 0.550. The maximum atomic E-state index is 12.7. The second-order valence-corrected chi connectivity index (χ2v) is 7.30. The van der Waals surface area contributed by atoms with Gasteiger partial charge in [-0.05, 0) is 17.9 Å². The number of benzene rings is 1. The van der Waals surface area contributed by atoms with Gasteiger partial charge in [-0.1, -0.05) is 45.0 Å². The Morgan fingerprint density at radius 2 is 1.85 bits per heavy atom. The number of rotatable bonds is 8. The minimum atomic E-state index is -0.719. The molecule has 0 amide bonds. The average Bonchev–Trinajstić information content (AvgIpc) is 2.58. The van der Waals surface area contributed by atoms with Gasteiger partial charge in [0.15, 0.2) is 0 Å². The molecule has 27 heavy (non-hydrogen) atoms. The van der Waals surface area contributed by atoms with Crippen molar-refractivity contribution >= 4 is 11.6 Å². The lowest BCUT2D eigenvalue weighted by molar-refractivity contribution is -0.884. The van der Waals surface area contributed by atoms with Gasteiger partial charge in [0, 0.05) is 12.1 Å². The largest absolute Gasteiger partial charge is 0.384 e. The molecule has 4 N–H and O–H groups in total. The van der Waals surface area contributed by atoms with E-state index >= 15 is 0 Å². The molecule has 2 aromatic rings. The number of nitrogens with two attached hydrogens (primary N) is 1. The van der Waals surface area contributed by atoms with Gasteiger partial charge in [-0.3, -0.25) is 19.1 Å². The van der Waals surface area contributed by atoms with Crippen LogP contribution < -0.4 is 21.9 Å². The van der Waals surface area contributed by atoms with E-state index in [0.29, 0.717) is 25.4 Å². The number of nitrogen functional groups attached to an aromatic ring is 1. The molecule has 146 valence electrons. The summed E-state index contributed by atoms with van der Waals surface area (Å²) in [6, 6.07) is 8.31. The van der Waals surface area contributed by atoms with Crippen LogP contribution in [0.2, 0.25) is 0 Å². The Morgan fingerprint density at radius 1 is 1.22 bits per heavy atom. The van der Waals surface area contributed by atoms with Crippen molar-refractivity contribution in [2.75, 3.05) is 19.3 Å². The molecule has 0 saturated carbocycles. The summed E-state index contributed by atoms with van der Waals surface area (Å²) in [6.07, 6.45) is 0.668. The molecule has 2 rings (SSSR count). The second kappa shape index (κ2) is 8.81. The van der Waals surface area contributed by atoms with Gasteiger partial charge in [0.05, 0.1) is 7.05 Å². The maximum absolute atomic E-state index is 12.7. The van der Waals surface area contributed by atoms with Crippen LogP contribution in [0.3, 0.4) is 0 Å². The first kappa shape index (κ1) is 20.6. The smallest absolute Gasteiger partial charge is 0.329 e. The van der Waals surface area contributed by atoms with Crippen LogP contribution in [0, 0.1) is 0 Å². The van der Waals surface area contributed by atoms with E-state index in [1.807, 2.05) is 14.0 Å². The summed E-state index contributed by atoms with van der Waals surface area (Å²) in [4.78, 5) is 39.8. The van der Waals surface area contributed by atoms with Crippen molar-refractivity contribution in [1.29, 1.82) is 0 Å². The SMILES string of the molecule is CCCn1c(N)c(C(=O)C[NH+](C)Cc2ccc(C(C)C)cc2)c(=O)[nH]c1=O. The lowest BCUT2D eigenvalue weighted by Gasteiger charge is -2.15. The first-order valence-electron chi connectivity index (χ1n) is 9.30. The highest BCUT2D eigenvalue weighted by Crippen LogP contribution is 2.14. The van der Waals surface area contributed by atoms with Crippen LogP contribution in [-0.4, -0.2) is 28.9 Å². The molecule has 7 nitrogen and oxygen atoms in total. The van der Waals surface area contributed by atoms with Gasteiger partial charge < -0.3 is 10.6 Å². The van der Waals surface area contributed by atoms with E-state index in [-0.39, 0.29) is 23.7 Å². The zero-order chi connectivity index (χ0) is 20.1. The fourth-order valence-electron chi connectivity index (χ4n) is 3.10. The summed E-state index contributed by atoms with van der Waals surface area (Å²) in [5, 5.41) is 0. The number of H-pyrrole nitrogens is 1. The lowest BCUT2D eigenvalue weighted by atomic mass is 10.0. The third-order valence-corrected chi connectivity index (χ3v) is 4.58. The molecule has 0 aliphatic carbocycles. The monoisotopic (exact) mass is 373 g/mol. The Balaban J connectivity index is 2.15. The van der Waals surface area contributed by atoms with Gasteiger partial charge in [-0.2, -0.15) is 0 Å². The van der Waals surface area contributed by atoms with Crippen molar-refractivity contribution in [3.63, 3.8) is 0 Å². The minimum absolute atomic E-state index is 0.0512. The Kier molecular flexibility index (Phi) is 6.74. The van der Waals surface area contributed by atoms with Crippen LogP contribution in [0.15, 0.2) is 33.9 Å². The summed E-state index contributed by atoms with van der Waals surface area (Å²) in [7, 11) is 1.89. The van der Waals surface area contributed by atoms with Crippen molar-refractivity contribution in [2.45, 2.75) is 46.2 Å². The van der Waals surface area contributed by atoms with E-state index in [1.54, 1.807) is 0 Å². The Labute approximate surface area is 158 Å². The molecule has 0 saturated heterocycles. The molecule has 0 aliphatic heterocycles. The van der Waals surface area contributed by atoms with Crippen LogP contribution in [0.5, 0.6) is 0 Å². The fourth-order valence-corrected chi connectivity index (χ4v) is 3.10. The van der Waals surface area contributed by atoms with Gasteiger partial charge >= 0.3 is 5.69 Å². The normalized spacial score (nSPS) is 12.3. The standard InChI is InChI=1S/C20H28N4O3/c1-5-10-24-18(21)17(19(26)22-20(24)27)16(25)12-23(4)11-14-6-8-15(9-7-14)13(2)3/h6-9,13H,5,10-12,21H2,1-4H3,(H,22,26,27)/p+1. The summed E-state index contributed by atoms with van der Waals surface area (Å²) < 4.78 is 1.24. The summed E-state index contributed by atoms with van der Waals surface area (Å²) in [5.41, 5.74) is 6.91. The summed E-state index contributed by atoms with van der Waals surface area (Å²) in [5.74, 6) is 0.0544. The number of likely N-dealkylation sites (N-methyl/N-ethyl adjacent to an activating group) is 1. The zero-order valence-corrected chi connectivity index (χ0v) is 16.5. The number of quaternary nitrogens is 1. The maximum Gasteiger partial charge on any atom is 0.329 e. The number of hydrogen-bond acceptors (Lipinski definition) is 4. The minimum Gasteiger partial charge on any atom is -0.384 e. The highest BCUT2D eigenvalue weighted by molar-refractivity contribution is 6.00. The number of nitrogens with zero attached hydrogens (tertiary/aromatic N) is 1. The number of anilines is 1. The quantitative estimate of drug-likeness (QED) is 0.588. The van der Waals surface area contributed by atoms with E-state index in [2.05, 4.69) is 43.1 Å². The van der Waals surface area contributed by atoms with Crippen molar-refractivity contribution < 1.29 is 9.69 Å². The molecule has 0 fully saturated rings. The molecule has 1 aromatic carbocycles. The molecule has 0 radical (unpaired) electrons. The number of aromatic nitrogens is 2. The van der Waals surface area contributed by atoms with Crippen LogP contribution in [0.4, 0.5) is 5.82 Å². The third-order valence-electron chi connectivity index (χ3n) is 4.58. The Hall–Kier alpha value is -2.67. The number of carbonyl (C=O) groups is 1. The number of Topliss-reactive ketones (excluding diaryl/α,β-unsaturated/α-hetero) is 1. The predicted molar refractivity (Wildman–Crippen MR) is 106 cm³/mol. The van der Waals surface area contributed by atoms with Crippen molar-refractivity contribution in [2.24, 2.45) is 0 Å². The zero-order valence-electron chi connectivity index (χ0n) is 16.5. The van der Waals surface area contributed by atoms with E-state index < -0.39 is 11.2 Å². The summed E-state index contributed by atoms with van der Waals surface area (Å²) in [6.45, 7) is 7.30.